The molecule has 1 atom stereocenters. The molecule has 1 aromatic carbocycles. The third kappa shape index (κ3) is 2.61. The minimum atomic E-state index is 0.111. The van der Waals surface area contributed by atoms with E-state index in [0.29, 0.717) is 0 Å². The summed E-state index contributed by atoms with van der Waals surface area (Å²) >= 11 is 5.21. The number of para-hydroxylation sites is 1. The monoisotopic (exact) mass is 335 g/mol. The van der Waals surface area contributed by atoms with E-state index in [1.807, 2.05) is 18.2 Å². The molecule has 2 nitrogen and oxygen atoms in total. The van der Waals surface area contributed by atoms with Gasteiger partial charge in [0.2, 0.25) is 0 Å². The lowest BCUT2D eigenvalue weighted by Crippen LogP contribution is -2.20. The molecule has 0 bridgehead atoms. The first kappa shape index (κ1) is 12.9. The SMILES string of the molecule is CCNC(c1csc(Br)c1)c1cc2ccccc2o1. The summed E-state index contributed by atoms with van der Waals surface area (Å²) in [7, 11) is 0. The molecular formula is C15H14BrNOS. The Labute approximate surface area is 124 Å². The van der Waals surface area contributed by atoms with Crippen LogP contribution in [0.3, 0.4) is 0 Å². The van der Waals surface area contributed by atoms with Gasteiger partial charge < -0.3 is 9.73 Å². The van der Waals surface area contributed by atoms with Crippen LogP contribution in [0.15, 0.2) is 50.0 Å². The summed E-state index contributed by atoms with van der Waals surface area (Å²) in [6.45, 7) is 3.01. The van der Waals surface area contributed by atoms with E-state index in [-0.39, 0.29) is 6.04 Å². The molecular weight excluding hydrogens is 322 g/mol. The van der Waals surface area contributed by atoms with Gasteiger partial charge in [0.25, 0.3) is 0 Å². The van der Waals surface area contributed by atoms with Crippen molar-refractivity contribution in [2.75, 3.05) is 6.54 Å². The third-order valence-corrected chi connectivity index (χ3v) is 4.58. The van der Waals surface area contributed by atoms with Gasteiger partial charge in [0.15, 0.2) is 0 Å². The van der Waals surface area contributed by atoms with Gasteiger partial charge in [-0.2, -0.15) is 0 Å². The highest BCUT2D eigenvalue weighted by Gasteiger charge is 2.18. The molecule has 0 radical (unpaired) electrons. The number of hydrogen-bond donors (Lipinski definition) is 1. The molecule has 1 unspecified atom stereocenters. The Morgan fingerprint density at radius 2 is 2.16 bits per heavy atom. The molecule has 2 heterocycles. The van der Waals surface area contributed by atoms with Gasteiger partial charge in [0.05, 0.1) is 9.83 Å². The Hall–Kier alpha value is -1.10. The van der Waals surface area contributed by atoms with E-state index in [0.717, 1.165) is 27.1 Å². The number of benzene rings is 1. The Balaban J connectivity index is 2.03. The third-order valence-electron chi connectivity index (χ3n) is 3.06. The number of thiophene rings is 1. The maximum atomic E-state index is 5.97. The zero-order valence-corrected chi connectivity index (χ0v) is 12.9. The number of nitrogens with one attached hydrogen (secondary N) is 1. The first-order valence-corrected chi connectivity index (χ1v) is 7.91. The van der Waals surface area contributed by atoms with Crippen LogP contribution in [0.2, 0.25) is 0 Å². The molecule has 4 heteroatoms. The van der Waals surface area contributed by atoms with Crippen LogP contribution in [-0.2, 0) is 0 Å². The average Bonchev–Trinajstić information content (AvgIpc) is 3.01. The molecule has 3 aromatic rings. The Morgan fingerprint density at radius 1 is 1.32 bits per heavy atom. The molecule has 0 fully saturated rings. The van der Waals surface area contributed by atoms with Crippen molar-refractivity contribution in [3.63, 3.8) is 0 Å². The Kier molecular flexibility index (Phi) is 3.73. The van der Waals surface area contributed by atoms with E-state index < -0.39 is 0 Å². The fourth-order valence-electron chi connectivity index (χ4n) is 2.21. The van der Waals surface area contributed by atoms with E-state index in [9.17, 15) is 0 Å². The van der Waals surface area contributed by atoms with Gasteiger partial charge in [-0.3, -0.25) is 0 Å². The largest absolute Gasteiger partial charge is 0.459 e. The van der Waals surface area contributed by atoms with Gasteiger partial charge in [-0.15, -0.1) is 11.3 Å². The molecule has 0 aliphatic rings. The summed E-state index contributed by atoms with van der Waals surface area (Å²) in [6.07, 6.45) is 0. The summed E-state index contributed by atoms with van der Waals surface area (Å²) in [5, 5.41) is 6.79. The second-order valence-corrected chi connectivity index (χ2v) is 6.65. The summed E-state index contributed by atoms with van der Waals surface area (Å²) in [5.74, 6) is 0.966. The van der Waals surface area contributed by atoms with Crippen LogP contribution in [0.5, 0.6) is 0 Å². The van der Waals surface area contributed by atoms with E-state index in [1.165, 1.54) is 5.56 Å². The lowest BCUT2D eigenvalue weighted by Gasteiger charge is -2.13. The number of fused-ring (bicyclic) bond motifs is 1. The topological polar surface area (TPSA) is 25.2 Å². The average molecular weight is 336 g/mol. The maximum Gasteiger partial charge on any atom is 0.134 e. The van der Waals surface area contributed by atoms with Gasteiger partial charge in [0, 0.05) is 5.39 Å². The van der Waals surface area contributed by atoms with Crippen molar-refractivity contribution in [1.82, 2.24) is 5.32 Å². The zero-order chi connectivity index (χ0) is 13.2. The quantitative estimate of drug-likeness (QED) is 0.729. The first-order chi connectivity index (χ1) is 9.28. The molecule has 98 valence electrons. The minimum Gasteiger partial charge on any atom is -0.459 e. The fourth-order valence-corrected chi connectivity index (χ4v) is 3.41. The molecule has 0 aliphatic carbocycles. The highest BCUT2D eigenvalue weighted by molar-refractivity contribution is 9.11. The van der Waals surface area contributed by atoms with Gasteiger partial charge in [-0.25, -0.2) is 0 Å². The van der Waals surface area contributed by atoms with Crippen LogP contribution in [0, 0.1) is 0 Å². The number of hydrogen-bond acceptors (Lipinski definition) is 3. The van der Waals surface area contributed by atoms with Crippen molar-refractivity contribution in [3.05, 3.63) is 56.9 Å². The van der Waals surface area contributed by atoms with Crippen molar-refractivity contribution in [3.8, 4) is 0 Å². The Bertz CT molecular complexity index is 655. The van der Waals surface area contributed by atoms with E-state index in [2.05, 4.69) is 51.7 Å². The first-order valence-electron chi connectivity index (χ1n) is 6.23. The lowest BCUT2D eigenvalue weighted by molar-refractivity contribution is 0.478. The number of rotatable bonds is 4. The van der Waals surface area contributed by atoms with Gasteiger partial charge in [-0.1, -0.05) is 25.1 Å². The molecule has 0 aliphatic heterocycles. The van der Waals surface area contributed by atoms with Crippen molar-refractivity contribution in [2.45, 2.75) is 13.0 Å². The number of furan rings is 1. The van der Waals surface area contributed by atoms with Crippen LogP contribution in [0.4, 0.5) is 0 Å². The fraction of sp³-hybridized carbons (Fsp3) is 0.200. The lowest BCUT2D eigenvalue weighted by atomic mass is 10.1. The summed E-state index contributed by atoms with van der Waals surface area (Å²) < 4.78 is 7.11. The summed E-state index contributed by atoms with van der Waals surface area (Å²) in [5.41, 5.74) is 2.17. The van der Waals surface area contributed by atoms with Crippen LogP contribution in [0.25, 0.3) is 11.0 Å². The predicted octanol–water partition coefficient (Wildman–Crippen LogP) is 4.96. The molecule has 3 rings (SSSR count). The van der Waals surface area contributed by atoms with Gasteiger partial charge in [-0.05, 0) is 51.6 Å². The van der Waals surface area contributed by atoms with Crippen LogP contribution in [0.1, 0.15) is 24.3 Å². The Morgan fingerprint density at radius 3 is 2.84 bits per heavy atom. The molecule has 19 heavy (non-hydrogen) atoms. The van der Waals surface area contributed by atoms with Crippen LogP contribution in [-0.4, -0.2) is 6.54 Å². The summed E-state index contributed by atoms with van der Waals surface area (Å²) in [6, 6.07) is 12.5. The van der Waals surface area contributed by atoms with E-state index in [1.54, 1.807) is 11.3 Å². The van der Waals surface area contributed by atoms with E-state index >= 15 is 0 Å². The van der Waals surface area contributed by atoms with Gasteiger partial charge in [0.1, 0.15) is 11.3 Å². The van der Waals surface area contributed by atoms with Crippen molar-refractivity contribution < 1.29 is 4.42 Å². The van der Waals surface area contributed by atoms with Crippen molar-refractivity contribution in [1.29, 1.82) is 0 Å². The molecule has 0 amide bonds. The molecule has 0 saturated carbocycles. The zero-order valence-electron chi connectivity index (χ0n) is 10.5. The predicted molar refractivity (Wildman–Crippen MR) is 83.8 cm³/mol. The summed E-state index contributed by atoms with van der Waals surface area (Å²) in [4.78, 5) is 0. The molecule has 1 N–H and O–H groups in total. The second-order valence-electron chi connectivity index (χ2n) is 4.36. The van der Waals surface area contributed by atoms with Crippen molar-refractivity contribution >= 4 is 38.2 Å². The van der Waals surface area contributed by atoms with Crippen LogP contribution >= 0.6 is 27.3 Å². The number of halogens is 1. The van der Waals surface area contributed by atoms with Crippen LogP contribution < -0.4 is 5.32 Å². The minimum absolute atomic E-state index is 0.111. The smallest absolute Gasteiger partial charge is 0.134 e. The highest BCUT2D eigenvalue weighted by Crippen LogP contribution is 2.32. The molecule has 0 spiro atoms. The van der Waals surface area contributed by atoms with E-state index in [4.69, 9.17) is 4.42 Å². The highest BCUT2D eigenvalue weighted by atomic mass is 79.9. The maximum absolute atomic E-state index is 5.97. The van der Waals surface area contributed by atoms with Crippen molar-refractivity contribution in [2.24, 2.45) is 0 Å². The molecule has 2 aromatic heterocycles. The second kappa shape index (κ2) is 5.49. The van der Waals surface area contributed by atoms with Gasteiger partial charge >= 0.3 is 0 Å². The standard InChI is InChI=1S/C15H14BrNOS/c1-2-17-15(11-8-14(16)19-9-11)13-7-10-5-3-4-6-12(10)18-13/h3-9,15,17H,2H2,1H3. The molecule has 0 saturated heterocycles. The normalized spacial score (nSPS) is 12.9.